The Hall–Kier alpha value is -0.850. The summed E-state index contributed by atoms with van der Waals surface area (Å²) in [5, 5.41) is 9.45. The molecule has 4 saturated carbocycles. The van der Waals surface area contributed by atoms with Crippen molar-refractivity contribution < 1.29 is 14.6 Å². The van der Waals surface area contributed by atoms with Gasteiger partial charge in [-0.3, -0.25) is 0 Å². The highest BCUT2D eigenvalue weighted by molar-refractivity contribution is 5.67. The molecule has 5 N–H and O–H groups in total. The Balaban J connectivity index is 1.21. The molecule has 7 unspecified atom stereocenters. The van der Waals surface area contributed by atoms with Crippen LogP contribution in [0.25, 0.3) is 0 Å². The average Bonchev–Trinajstić information content (AvgIpc) is 3.23. The average molecular weight is 518 g/mol. The van der Waals surface area contributed by atoms with Gasteiger partial charge in [0.1, 0.15) is 0 Å². The lowest BCUT2D eigenvalue weighted by molar-refractivity contribution is -0.163. The molecular weight excluding hydrogens is 462 g/mol. The van der Waals surface area contributed by atoms with Crippen molar-refractivity contribution >= 4 is 6.09 Å². The van der Waals surface area contributed by atoms with Gasteiger partial charge in [0.25, 0.3) is 0 Å². The Labute approximate surface area is 225 Å². The molecule has 1 heterocycles. The first kappa shape index (κ1) is 27.7. The van der Waals surface area contributed by atoms with Gasteiger partial charge in [-0.15, -0.1) is 0 Å². The minimum absolute atomic E-state index is 0.0406. The zero-order chi connectivity index (χ0) is 26.5. The number of piperidine rings is 1. The van der Waals surface area contributed by atoms with Crippen LogP contribution in [0.2, 0.25) is 0 Å². The summed E-state index contributed by atoms with van der Waals surface area (Å²) in [7, 11) is 0. The van der Waals surface area contributed by atoms with Crippen LogP contribution >= 0.6 is 0 Å². The van der Waals surface area contributed by atoms with Gasteiger partial charge in [0.2, 0.25) is 0 Å². The van der Waals surface area contributed by atoms with E-state index in [9.17, 15) is 9.90 Å². The normalized spacial score (nSPS) is 47.6. The molecule has 0 aromatic carbocycles. The molecule has 4 aliphatic carbocycles. The molecule has 0 aromatic rings. The molecule has 1 saturated heterocycles. The van der Waals surface area contributed by atoms with Crippen molar-refractivity contribution in [3.63, 3.8) is 0 Å². The fraction of sp³-hybridized carbons (Fsp3) is 0.968. The third-order valence-corrected chi connectivity index (χ3v) is 13.1. The van der Waals surface area contributed by atoms with E-state index in [1.165, 1.54) is 51.4 Å². The van der Waals surface area contributed by atoms with Crippen LogP contribution < -0.4 is 11.5 Å². The Kier molecular flexibility index (Phi) is 7.70. The number of carbonyl (C=O) groups excluding carboxylic acids is 1. The number of carbonyl (C=O) groups is 1. The molecule has 0 bridgehead atoms. The number of ether oxygens (including phenoxy) is 1. The van der Waals surface area contributed by atoms with E-state index < -0.39 is 0 Å². The van der Waals surface area contributed by atoms with Crippen molar-refractivity contribution in [1.29, 1.82) is 0 Å². The minimum Gasteiger partial charge on any atom is -0.449 e. The molecule has 1 aliphatic heterocycles. The third kappa shape index (κ3) is 4.27. The van der Waals surface area contributed by atoms with Gasteiger partial charge in [-0.25, -0.2) is 4.79 Å². The number of hydrogen-bond acceptors (Lipinski definition) is 5. The van der Waals surface area contributed by atoms with Gasteiger partial charge >= 0.3 is 6.09 Å². The highest BCUT2D eigenvalue weighted by atomic mass is 16.6. The van der Waals surface area contributed by atoms with Crippen LogP contribution in [-0.2, 0) is 4.74 Å². The van der Waals surface area contributed by atoms with Crippen molar-refractivity contribution in [3.8, 4) is 0 Å². The SMILES string of the molecule is CC[C@H]1CC2C3CCC(CCCOC(=O)N4CCCC(CO)C4)C3(C)CC[C@]2(N)C2(C)CCCCC12N. The van der Waals surface area contributed by atoms with E-state index in [0.29, 0.717) is 42.2 Å². The topological polar surface area (TPSA) is 102 Å². The van der Waals surface area contributed by atoms with Crippen LogP contribution in [0, 0.1) is 40.4 Å². The van der Waals surface area contributed by atoms with Crippen LogP contribution in [0.5, 0.6) is 0 Å². The Morgan fingerprint density at radius 2 is 1.76 bits per heavy atom. The maximum absolute atomic E-state index is 12.6. The molecule has 0 radical (unpaired) electrons. The third-order valence-electron chi connectivity index (χ3n) is 13.1. The molecule has 5 fully saturated rings. The second-order valence-electron chi connectivity index (χ2n) is 14.3. The molecule has 0 spiro atoms. The fourth-order valence-corrected chi connectivity index (χ4v) is 10.7. The van der Waals surface area contributed by atoms with Gasteiger partial charge in [0, 0.05) is 36.2 Å². The molecule has 5 rings (SSSR count). The maximum atomic E-state index is 12.6. The number of aliphatic hydroxyl groups is 1. The quantitative estimate of drug-likeness (QED) is 0.406. The zero-order valence-corrected chi connectivity index (χ0v) is 24.0. The molecule has 0 aromatic heterocycles. The Morgan fingerprint density at radius 3 is 2.51 bits per heavy atom. The largest absolute Gasteiger partial charge is 0.449 e. The van der Waals surface area contributed by atoms with Crippen LogP contribution in [0.1, 0.15) is 111 Å². The summed E-state index contributed by atoms with van der Waals surface area (Å²) >= 11 is 0. The summed E-state index contributed by atoms with van der Waals surface area (Å²) in [5.41, 5.74) is 15.1. The second kappa shape index (κ2) is 10.3. The molecule has 1 amide bonds. The van der Waals surface area contributed by atoms with Crippen molar-refractivity contribution in [2.45, 2.75) is 122 Å². The van der Waals surface area contributed by atoms with Crippen LogP contribution in [0.4, 0.5) is 4.79 Å². The number of rotatable bonds is 6. The predicted molar refractivity (Wildman–Crippen MR) is 148 cm³/mol. The summed E-state index contributed by atoms with van der Waals surface area (Å²) in [4.78, 5) is 14.4. The van der Waals surface area contributed by atoms with Crippen molar-refractivity contribution in [2.75, 3.05) is 26.3 Å². The molecule has 5 aliphatic rings. The Bertz CT molecular complexity index is 839. The monoisotopic (exact) mass is 517 g/mol. The van der Waals surface area contributed by atoms with Gasteiger partial charge < -0.3 is 26.2 Å². The lowest BCUT2D eigenvalue weighted by atomic mass is 9.37. The second-order valence-corrected chi connectivity index (χ2v) is 14.3. The van der Waals surface area contributed by atoms with Crippen LogP contribution in [-0.4, -0.2) is 53.5 Å². The summed E-state index contributed by atoms with van der Waals surface area (Å²) in [5.74, 6) is 2.75. The number of nitrogens with two attached hydrogens (primary N) is 2. The lowest BCUT2D eigenvalue weighted by Gasteiger charge is -2.71. The standard InChI is InChI=1S/C31H55N3O3/c1-4-23-19-26-25-12-11-24(10-8-18-37-27(36)34-17-7-9-22(20-34)21-35)28(25,2)15-16-31(26,33)29(3)13-5-6-14-30(23,29)32/h22-26,35H,4-21,32-33H2,1-3H3/t22?,23-,24?,25?,26?,28?,29?,30?,31+/m0/s1. The number of aliphatic hydroxyl groups excluding tert-OH is 1. The number of amides is 1. The van der Waals surface area contributed by atoms with E-state index in [4.69, 9.17) is 16.2 Å². The minimum atomic E-state index is -0.196. The fourth-order valence-electron chi connectivity index (χ4n) is 10.7. The van der Waals surface area contributed by atoms with Crippen molar-refractivity contribution in [1.82, 2.24) is 4.90 Å². The molecular formula is C31H55N3O3. The molecule has 212 valence electrons. The van der Waals surface area contributed by atoms with Gasteiger partial charge in [-0.1, -0.05) is 40.0 Å². The van der Waals surface area contributed by atoms with Gasteiger partial charge in [0.05, 0.1) is 6.61 Å². The lowest BCUT2D eigenvalue weighted by Crippen LogP contribution is -2.79. The molecule has 6 nitrogen and oxygen atoms in total. The van der Waals surface area contributed by atoms with E-state index in [1.807, 2.05) is 0 Å². The smallest absolute Gasteiger partial charge is 0.409 e. The van der Waals surface area contributed by atoms with E-state index in [1.54, 1.807) is 4.90 Å². The predicted octanol–water partition coefficient (Wildman–Crippen LogP) is 5.46. The Morgan fingerprint density at radius 1 is 0.973 bits per heavy atom. The van der Waals surface area contributed by atoms with Crippen LogP contribution in [0.15, 0.2) is 0 Å². The van der Waals surface area contributed by atoms with Gasteiger partial charge in [-0.2, -0.15) is 0 Å². The number of nitrogens with zero attached hydrogens (tertiary/aromatic N) is 1. The summed E-state index contributed by atoms with van der Waals surface area (Å²) in [6.45, 7) is 9.44. The van der Waals surface area contributed by atoms with E-state index in [0.717, 1.165) is 45.1 Å². The van der Waals surface area contributed by atoms with E-state index in [2.05, 4.69) is 20.8 Å². The first-order chi connectivity index (χ1) is 17.6. The van der Waals surface area contributed by atoms with Gasteiger partial charge in [-0.05, 0) is 106 Å². The van der Waals surface area contributed by atoms with Crippen LogP contribution in [0.3, 0.4) is 0 Å². The highest BCUT2D eigenvalue weighted by Gasteiger charge is 2.70. The van der Waals surface area contributed by atoms with Gasteiger partial charge in [0.15, 0.2) is 0 Å². The summed E-state index contributed by atoms with van der Waals surface area (Å²) in [6, 6.07) is 0. The van der Waals surface area contributed by atoms with E-state index >= 15 is 0 Å². The zero-order valence-electron chi connectivity index (χ0n) is 24.0. The molecule has 37 heavy (non-hydrogen) atoms. The first-order valence-corrected chi connectivity index (χ1v) is 15.7. The number of hydrogen-bond donors (Lipinski definition) is 3. The molecule has 9 atom stereocenters. The maximum Gasteiger partial charge on any atom is 0.409 e. The molecule has 6 heteroatoms. The van der Waals surface area contributed by atoms with Crippen molar-refractivity contribution in [3.05, 3.63) is 0 Å². The van der Waals surface area contributed by atoms with E-state index in [-0.39, 0.29) is 35.1 Å². The summed E-state index contributed by atoms with van der Waals surface area (Å²) in [6.07, 6.45) is 16.0. The number of likely N-dealkylation sites (tertiary alicyclic amines) is 1. The first-order valence-electron chi connectivity index (χ1n) is 15.7. The van der Waals surface area contributed by atoms with Crippen molar-refractivity contribution in [2.24, 2.45) is 51.9 Å². The highest BCUT2D eigenvalue weighted by Crippen LogP contribution is 2.70. The number of fused-ring (bicyclic) bond motifs is 5. The summed E-state index contributed by atoms with van der Waals surface area (Å²) < 4.78 is 5.69.